The number of nitrogens with one attached hydrogen (secondary N) is 1. The second-order valence-corrected chi connectivity index (χ2v) is 21.7. The van der Waals surface area contributed by atoms with Gasteiger partial charge in [0.2, 0.25) is 5.91 Å². The van der Waals surface area contributed by atoms with Crippen LogP contribution in [0.3, 0.4) is 0 Å². The van der Waals surface area contributed by atoms with E-state index in [1.54, 1.807) is 6.08 Å². The number of likely N-dealkylation sites (N-methyl/N-ethyl adjacent to an activating group) is 1. The monoisotopic (exact) mass is 973 g/mol. The van der Waals surface area contributed by atoms with Crippen molar-refractivity contribution < 1.29 is 32.9 Å². The molecule has 3 unspecified atom stereocenters. The zero-order valence-electron chi connectivity index (χ0n) is 45.0. The van der Waals surface area contributed by atoms with Crippen molar-refractivity contribution in [2.24, 2.45) is 0 Å². The quantitative estimate of drug-likeness (QED) is 0.0272. The summed E-state index contributed by atoms with van der Waals surface area (Å²) in [5.41, 5.74) is 0. The van der Waals surface area contributed by atoms with E-state index in [1.165, 1.54) is 161 Å². The standard InChI is InChI=1S/C59H109N2O6P/c1-6-8-10-12-14-16-18-20-22-23-24-25-26-27-28-29-30-31-32-33-34-35-36-37-39-40-42-44-46-48-50-52-58(62)57(56-67-68(64,65)66-55-54-61(3,4)5)60-59(63)53-51-49-47-45-43-41-38-21-19-17-15-13-11-9-7-2/h9,11,15,17,21,38,42-45,50,52,57-58,62H,6-8,10,12-14,16,18-20,22-37,39-41,46-49,51,53-56H2,1-5H3,(H-,60,63,64,65)/b11-9-,17-15-,38-21-,44-42+,45-43-,52-50+. The second-order valence-electron chi connectivity index (χ2n) is 20.3. The molecule has 9 heteroatoms. The highest BCUT2D eigenvalue weighted by molar-refractivity contribution is 7.45. The van der Waals surface area contributed by atoms with Crippen molar-refractivity contribution in [3.63, 3.8) is 0 Å². The first-order valence-corrected chi connectivity index (χ1v) is 29.8. The van der Waals surface area contributed by atoms with Gasteiger partial charge in [0, 0.05) is 6.42 Å². The van der Waals surface area contributed by atoms with Gasteiger partial charge in [-0.25, -0.2) is 0 Å². The van der Waals surface area contributed by atoms with Gasteiger partial charge in [0.25, 0.3) is 7.82 Å². The van der Waals surface area contributed by atoms with Crippen molar-refractivity contribution in [1.29, 1.82) is 0 Å². The second kappa shape index (κ2) is 49.9. The van der Waals surface area contributed by atoms with Gasteiger partial charge in [-0.1, -0.05) is 241 Å². The summed E-state index contributed by atoms with van der Waals surface area (Å²) in [7, 11) is 1.21. The third kappa shape index (κ3) is 51.8. The number of quaternary nitrogens is 1. The van der Waals surface area contributed by atoms with Crippen molar-refractivity contribution >= 4 is 13.7 Å². The summed E-state index contributed by atoms with van der Waals surface area (Å²) in [5.74, 6) is -0.248. The minimum absolute atomic E-state index is 0.0176. The van der Waals surface area contributed by atoms with Gasteiger partial charge < -0.3 is 28.8 Å². The Morgan fingerprint density at radius 3 is 1.37 bits per heavy atom. The van der Waals surface area contributed by atoms with Crippen LogP contribution >= 0.6 is 7.82 Å². The zero-order valence-corrected chi connectivity index (χ0v) is 45.9. The molecule has 0 aromatic rings. The minimum Gasteiger partial charge on any atom is -0.756 e. The maximum atomic E-state index is 12.9. The van der Waals surface area contributed by atoms with Crippen LogP contribution in [-0.4, -0.2) is 68.5 Å². The first kappa shape index (κ1) is 65.9. The topological polar surface area (TPSA) is 108 Å². The van der Waals surface area contributed by atoms with E-state index < -0.39 is 26.6 Å². The molecule has 0 heterocycles. The number of amides is 1. The summed E-state index contributed by atoms with van der Waals surface area (Å²) in [6, 6.07) is -0.929. The number of unbranched alkanes of at least 4 members (excludes halogenated alkanes) is 28. The lowest BCUT2D eigenvalue weighted by Crippen LogP contribution is -2.45. The summed E-state index contributed by atoms with van der Waals surface area (Å²) in [4.78, 5) is 25.4. The number of hydrogen-bond acceptors (Lipinski definition) is 6. The highest BCUT2D eigenvalue weighted by Gasteiger charge is 2.23. The van der Waals surface area contributed by atoms with Crippen molar-refractivity contribution in [1.82, 2.24) is 5.32 Å². The first-order valence-electron chi connectivity index (χ1n) is 28.3. The molecule has 0 rings (SSSR count). The van der Waals surface area contributed by atoms with Gasteiger partial charge in [0.05, 0.1) is 39.9 Å². The molecule has 68 heavy (non-hydrogen) atoms. The summed E-state index contributed by atoms with van der Waals surface area (Å²) in [5, 5.41) is 13.8. The van der Waals surface area contributed by atoms with Gasteiger partial charge in [-0.15, -0.1) is 0 Å². The molecule has 1 amide bonds. The molecule has 3 atom stereocenters. The number of carbonyl (C=O) groups excluding carboxylic acids is 1. The lowest BCUT2D eigenvalue weighted by Gasteiger charge is -2.29. The fraction of sp³-hybridized carbons (Fsp3) is 0.780. The predicted octanol–water partition coefficient (Wildman–Crippen LogP) is 16.5. The lowest BCUT2D eigenvalue weighted by atomic mass is 10.0. The Morgan fingerprint density at radius 1 is 0.529 bits per heavy atom. The van der Waals surface area contributed by atoms with Crippen molar-refractivity contribution in [3.8, 4) is 0 Å². The van der Waals surface area contributed by atoms with E-state index in [9.17, 15) is 19.4 Å². The van der Waals surface area contributed by atoms with Gasteiger partial charge >= 0.3 is 0 Å². The molecule has 8 nitrogen and oxygen atoms in total. The number of nitrogens with zero attached hydrogens (tertiary/aromatic N) is 1. The first-order chi connectivity index (χ1) is 33.0. The summed E-state index contributed by atoms with van der Waals surface area (Å²) >= 11 is 0. The predicted molar refractivity (Wildman–Crippen MR) is 293 cm³/mol. The Bertz CT molecular complexity index is 1330. The fourth-order valence-corrected chi connectivity index (χ4v) is 8.71. The molecule has 0 aliphatic heterocycles. The molecule has 0 aromatic carbocycles. The molecule has 396 valence electrons. The molecule has 0 fully saturated rings. The normalized spacial score (nSPS) is 14.5. The van der Waals surface area contributed by atoms with Gasteiger partial charge in [0.15, 0.2) is 0 Å². The Morgan fingerprint density at radius 2 is 0.912 bits per heavy atom. The molecular formula is C59H109N2O6P. The number of aliphatic hydroxyl groups is 1. The van der Waals surface area contributed by atoms with Crippen LogP contribution in [0.2, 0.25) is 0 Å². The average molecular weight is 974 g/mol. The van der Waals surface area contributed by atoms with E-state index in [1.807, 2.05) is 27.2 Å². The summed E-state index contributed by atoms with van der Waals surface area (Å²) in [6.45, 7) is 4.49. The van der Waals surface area contributed by atoms with E-state index in [0.29, 0.717) is 17.4 Å². The summed E-state index contributed by atoms with van der Waals surface area (Å²) < 4.78 is 23.3. The summed E-state index contributed by atoms with van der Waals surface area (Å²) in [6.07, 6.45) is 68.7. The number of aliphatic hydroxyl groups excluding tert-OH is 1. The largest absolute Gasteiger partial charge is 0.756 e. The molecule has 0 bridgehead atoms. The van der Waals surface area contributed by atoms with Gasteiger partial charge in [-0.2, -0.15) is 0 Å². The number of carbonyl (C=O) groups is 1. The van der Waals surface area contributed by atoms with E-state index in [2.05, 4.69) is 79.9 Å². The Balaban J connectivity index is 4.20. The highest BCUT2D eigenvalue weighted by Crippen LogP contribution is 2.38. The maximum absolute atomic E-state index is 12.9. The molecule has 0 saturated heterocycles. The molecule has 2 N–H and O–H groups in total. The van der Waals surface area contributed by atoms with Crippen LogP contribution in [-0.2, 0) is 18.4 Å². The van der Waals surface area contributed by atoms with Crippen LogP contribution in [0, 0.1) is 0 Å². The third-order valence-electron chi connectivity index (χ3n) is 12.4. The molecule has 0 aliphatic carbocycles. The lowest BCUT2D eigenvalue weighted by molar-refractivity contribution is -0.870. The number of allylic oxidation sites excluding steroid dienone is 11. The van der Waals surface area contributed by atoms with Crippen LogP contribution in [0.4, 0.5) is 0 Å². The van der Waals surface area contributed by atoms with Crippen molar-refractivity contribution in [2.75, 3.05) is 40.9 Å². The number of rotatable bonds is 51. The van der Waals surface area contributed by atoms with Crippen molar-refractivity contribution in [2.45, 2.75) is 257 Å². The fourth-order valence-electron chi connectivity index (χ4n) is 7.98. The Labute approximate surface area is 421 Å². The van der Waals surface area contributed by atoms with Crippen LogP contribution in [0.25, 0.3) is 0 Å². The van der Waals surface area contributed by atoms with Crippen LogP contribution in [0.1, 0.15) is 245 Å². The van der Waals surface area contributed by atoms with E-state index in [-0.39, 0.29) is 18.9 Å². The van der Waals surface area contributed by atoms with E-state index >= 15 is 0 Å². The van der Waals surface area contributed by atoms with Gasteiger partial charge in [-0.3, -0.25) is 9.36 Å². The van der Waals surface area contributed by atoms with Gasteiger partial charge in [-0.05, 0) is 70.6 Å². The Kier molecular flexibility index (Phi) is 48.4. The van der Waals surface area contributed by atoms with Crippen LogP contribution in [0.5, 0.6) is 0 Å². The SMILES string of the molecule is CC/C=C\C/C=C\C/C=C\C/C=C\CCCCC(=O)NC(COP(=O)([O-])OCC[N+](C)(C)C)C(O)/C=C/CC/C=C/CCCCCCCCCCCCCCCCCCCCCCCCCCC. The van der Waals surface area contributed by atoms with Crippen LogP contribution < -0.4 is 10.2 Å². The number of phosphoric ester groups is 1. The van der Waals surface area contributed by atoms with E-state index in [4.69, 9.17) is 9.05 Å². The van der Waals surface area contributed by atoms with E-state index in [0.717, 1.165) is 57.8 Å². The molecule has 0 radical (unpaired) electrons. The molecule has 0 saturated carbocycles. The van der Waals surface area contributed by atoms with Gasteiger partial charge in [0.1, 0.15) is 13.2 Å². The number of phosphoric acid groups is 1. The average Bonchev–Trinajstić information content (AvgIpc) is 3.30. The van der Waals surface area contributed by atoms with Crippen molar-refractivity contribution in [3.05, 3.63) is 72.9 Å². The smallest absolute Gasteiger partial charge is 0.268 e. The molecule has 0 aliphatic rings. The third-order valence-corrected chi connectivity index (χ3v) is 13.4. The van der Waals surface area contributed by atoms with Crippen LogP contribution in [0.15, 0.2) is 72.9 Å². The molecular weight excluding hydrogens is 864 g/mol. The minimum atomic E-state index is -4.62. The highest BCUT2D eigenvalue weighted by atomic mass is 31.2. The number of hydrogen-bond donors (Lipinski definition) is 2. The Hall–Kier alpha value is -2.06. The maximum Gasteiger partial charge on any atom is 0.268 e. The molecule has 0 aromatic heterocycles. The molecule has 0 spiro atoms. The zero-order chi connectivity index (χ0) is 49.9.